The minimum absolute atomic E-state index is 0. The molecule has 2 heterocycles. The number of aryl methyl sites for hydroxylation is 3. The third-order valence-corrected chi connectivity index (χ3v) is 6.60. The summed E-state index contributed by atoms with van der Waals surface area (Å²) < 4.78 is 2.03. The highest BCUT2D eigenvalue weighted by atomic mass is 35.5. The van der Waals surface area contributed by atoms with Crippen molar-refractivity contribution in [3.8, 4) is 0 Å². The maximum atomic E-state index is 12.8. The predicted octanol–water partition coefficient (Wildman–Crippen LogP) is 6.75. The number of unbranched alkanes of at least 4 members (excludes halogenated alkanes) is 2. The molecular formula is C29H32ClN5O. The van der Waals surface area contributed by atoms with E-state index >= 15 is 0 Å². The lowest BCUT2D eigenvalue weighted by atomic mass is 10.1. The van der Waals surface area contributed by atoms with Gasteiger partial charge < -0.3 is 20.6 Å². The van der Waals surface area contributed by atoms with E-state index < -0.39 is 0 Å². The van der Waals surface area contributed by atoms with Crippen LogP contribution in [-0.2, 0) is 19.4 Å². The average molecular weight is 502 g/mol. The highest BCUT2D eigenvalue weighted by molar-refractivity contribution is 6.05. The van der Waals surface area contributed by atoms with Gasteiger partial charge in [-0.3, -0.25) is 4.79 Å². The normalized spacial score (nSPS) is 11.0. The summed E-state index contributed by atoms with van der Waals surface area (Å²) >= 11 is 0. The topological polar surface area (TPSA) is 88.7 Å². The smallest absolute Gasteiger partial charge is 0.255 e. The lowest BCUT2D eigenvalue weighted by molar-refractivity contribution is 0.102. The monoisotopic (exact) mass is 501 g/mol. The van der Waals surface area contributed by atoms with E-state index in [9.17, 15) is 4.79 Å². The number of halogens is 1. The highest BCUT2D eigenvalue weighted by Gasteiger charge is 2.12. The molecule has 4 N–H and O–H groups in total. The van der Waals surface area contributed by atoms with Gasteiger partial charge in [0, 0.05) is 34.9 Å². The summed E-state index contributed by atoms with van der Waals surface area (Å²) in [5, 5.41) is 4.22. The van der Waals surface area contributed by atoms with Crippen molar-refractivity contribution in [2.75, 3.05) is 11.1 Å². The molecule has 7 heteroatoms. The van der Waals surface area contributed by atoms with Crippen LogP contribution in [0.25, 0.3) is 21.9 Å². The minimum atomic E-state index is -0.129. The fourth-order valence-corrected chi connectivity index (χ4v) is 4.64. The summed E-state index contributed by atoms with van der Waals surface area (Å²) in [7, 11) is 0. The Kier molecular flexibility index (Phi) is 7.96. The Morgan fingerprint density at radius 3 is 2.64 bits per heavy atom. The predicted molar refractivity (Wildman–Crippen MR) is 151 cm³/mol. The number of anilines is 2. The van der Waals surface area contributed by atoms with Gasteiger partial charge in [-0.25, -0.2) is 4.98 Å². The average Bonchev–Trinajstić information content (AvgIpc) is 3.42. The summed E-state index contributed by atoms with van der Waals surface area (Å²) in [5.41, 5.74) is 13.0. The van der Waals surface area contributed by atoms with Crippen molar-refractivity contribution in [1.29, 1.82) is 0 Å². The number of amides is 1. The number of imidazole rings is 1. The van der Waals surface area contributed by atoms with Crippen LogP contribution < -0.4 is 11.1 Å². The number of hydrogen-bond donors (Lipinski definition) is 3. The number of carbonyl (C=O) groups is 1. The summed E-state index contributed by atoms with van der Waals surface area (Å²) in [5.74, 6) is 0.346. The lowest BCUT2D eigenvalue weighted by Gasteiger charge is -2.08. The van der Waals surface area contributed by atoms with Crippen molar-refractivity contribution in [2.24, 2.45) is 0 Å². The van der Waals surface area contributed by atoms with E-state index in [0.29, 0.717) is 17.2 Å². The Bertz CT molecular complexity index is 1470. The van der Waals surface area contributed by atoms with Crippen LogP contribution in [0.2, 0.25) is 0 Å². The molecule has 5 aromatic rings. The Hall–Kier alpha value is -3.77. The van der Waals surface area contributed by atoms with E-state index in [2.05, 4.69) is 46.6 Å². The number of fused-ring (bicyclic) bond motifs is 2. The molecule has 6 nitrogen and oxygen atoms in total. The molecule has 186 valence electrons. The van der Waals surface area contributed by atoms with E-state index in [1.165, 1.54) is 35.8 Å². The fraction of sp³-hybridized carbons (Fsp3) is 0.241. The second-order valence-corrected chi connectivity index (χ2v) is 9.04. The van der Waals surface area contributed by atoms with Crippen LogP contribution in [0.4, 0.5) is 11.6 Å². The van der Waals surface area contributed by atoms with Crippen molar-refractivity contribution in [3.05, 3.63) is 89.6 Å². The SMILES string of the molecule is CCCCCc1ccc(C(=O)Nc2ccc3c(c2)nc(N)n3CCc2c[nH]c3ccccc23)cc1.Cl. The number of nitrogens with one attached hydrogen (secondary N) is 2. The van der Waals surface area contributed by atoms with Crippen LogP contribution in [0.15, 0.2) is 72.9 Å². The lowest BCUT2D eigenvalue weighted by Crippen LogP contribution is -2.11. The molecule has 0 aliphatic rings. The van der Waals surface area contributed by atoms with Gasteiger partial charge in [0.2, 0.25) is 5.95 Å². The standard InChI is InChI=1S/C29H31N5O.ClH/c1-2-3-4-7-20-10-12-21(13-11-20)28(35)32-23-14-15-27-26(18-23)33-29(30)34(27)17-16-22-19-31-25-9-6-5-8-24(22)25;/h5-6,8-15,18-19,31H,2-4,7,16-17H2,1H3,(H2,30,33)(H,32,35);1H. The van der Waals surface area contributed by atoms with Crippen molar-refractivity contribution in [1.82, 2.24) is 14.5 Å². The van der Waals surface area contributed by atoms with Crippen molar-refractivity contribution in [3.63, 3.8) is 0 Å². The van der Waals surface area contributed by atoms with Crippen LogP contribution in [0.5, 0.6) is 0 Å². The number of nitrogen functional groups attached to an aromatic ring is 1. The van der Waals surface area contributed by atoms with Crippen LogP contribution in [0, 0.1) is 0 Å². The molecule has 3 aromatic carbocycles. The maximum Gasteiger partial charge on any atom is 0.255 e. The number of hydrogen-bond acceptors (Lipinski definition) is 3. The first-order valence-corrected chi connectivity index (χ1v) is 12.3. The molecule has 0 saturated heterocycles. The van der Waals surface area contributed by atoms with Crippen LogP contribution in [-0.4, -0.2) is 20.4 Å². The second kappa shape index (κ2) is 11.3. The minimum Gasteiger partial charge on any atom is -0.369 e. The van der Waals surface area contributed by atoms with E-state index in [-0.39, 0.29) is 18.3 Å². The van der Waals surface area contributed by atoms with Crippen LogP contribution in [0.3, 0.4) is 0 Å². The van der Waals surface area contributed by atoms with Crippen molar-refractivity contribution in [2.45, 2.75) is 45.6 Å². The van der Waals surface area contributed by atoms with Gasteiger partial charge >= 0.3 is 0 Å². The summed E-state index contributed by atoms with van der Waals surface area (Å²) in [6.45, 7) is 2.93. The molecule has 0 aliphatic heterocycles. The van der Waals surface area contributed by atoms with Gasteiger partial charge in [0.15, 0.2) is 0 Å². The van der Waals surface area contributed by atoms with E-state index in [0.717, 1.165) is 35.9 Å². The number of nitrogens with two attached hydrogens (primary N) is 1. The van der Waals surface area contributed by atoms with Gasteiger partial charge in [-0.15, -0.1) is 12.4 Å². The zero-order valence-corrected chi connectivity index (χ0v) is 21.3. The van der Waals surface area contributed by atoms with Crippen molar-refractivity contribution >= 4 is 51.9 Å². The fourth-order valence-electron chi connectivity index (χ4n) is 4.64. The number of nitrogens with zero attached hydrogens (tertiary/aromatic N) is 2. The molecule has 2 aromatic heterocycles. The number of carbonyl (C=O) groups excluding carboxylic acids is 1. The third kappa shape index (κ3) is 5.39. The molecule has 0 unspecified atom stereocenters. The van der Waals surface area contributed by atoms with Crippen molar-refractivity contribution < 1.29 is 4.79 Å². The summed E-state index contributed by atoms with van der Waals surface area (Å²) in [4.78, 5) is 20.6. The largest absolute Gasteiger partial charge is 0.369 e. The molecule has 0 saturated carbocycles. The number of H-pyrrole nitrogens is 1. The van der Waals surface area contributed by atoms with Gasteiger partial charge in [-0.2, -0.15) is 0 Å². The van der Waals surface area contributed by atoms with E-state index in [1.54, 1.807) is 0 Å². The first kappa shape index (κ1) is 25.3. The Labute approximate surface area is 217 Å². The number of aromatic amines is 1. The first-order chi connectivity index (χ1) is 17.1. The van der Waals surface area contributed by atoms with Crippen LogP contribution in [0.1, 0.15) is 47.7 Å². The molecule has 0 aliphatic carbocycles. The van der Waals surface area contributed by atoms with Gasteiger partial charge in [0.25, 0.3) is 5.91 Å². The Balaban J connectivity index is 0.00000304. The quantitative estimate of drug-likeness (QED) is 0.195. The zero-order valence-electron chi connectivity index (χ0n) is 20.5. The molecule has 5 rings (SSSR count). The number of rotatable bonds is 9. The maximum absolute atomic E-state index is 12.8. The van der Waals surface area contributed by atoms with Gasteiger partial charge in [0.1, 0.15) is 0 Å². The van der Waals surface area contributed by atoms with E-state index in [4.69, 9.17) is 5.73 Å². The zero-order chi connectivity index (χ0) is 24.2. The molecule has 1 amide bonds. The number of benzene rings is 3. The van der Waals surface area contributed by atoms with Gasteiger partial charge in [0.05, 0.1) is 11.0 Å². The first-order valence-electron chi connectivity index (χ1n) is 12.3. The number of para-hydroxylation sites is 1. The summed E-state index contributed by atoms with van der Waals surface area (Å²) in [6.07, 6.45) is 7.57. The molecule has 0 fully saturated rings. The molecule has 36 heavy (non-hydrogen) atoms. The molecule has 0 atom stereocenters. The second-order valence-electron chi connectivity index (χ2n) is 9.04. The molecule has 0 spiro atoms. The Morgan fingerprint density at radius 2 is 1.83 bits per heavy atom. The van der Waals surface area contributed by atoms with Gasteiger partial charge in [-0.05, 0) is 66.8 Å². The molecule has 0 radical (unpaired) electrons. The van der Waals surface area contributed by atoms with Gasteiger partial charge in [-0.1, -0.05) is 50.1 Å². The third-order valence-electron chi connectivity index (χ3n) is 6.60. The van der Waals surface area contributed by atoms with Crippen LogP contribution >= 0.6 is 12.4 Å². The summed E-state index contributed by atoms with van der Waals surface area (Å²) in [6, 6.07) is 21.9. The molecular weight excluding hydrogens is 470 g/mol. The van der Waals surface area contributed by atoms with E-state index in [1.807, 2.05) is 53.1 Å². The Morgan fingerprint density at radius 1 is 1.03 bits per heavy atom. The highest BCUT2D eigenvalue weighted by Crippen LogP contribution is 2.24. The number of aromatic nitrogens is 3. The molecule has 0 bridgehead atoms.